The molecule has 1 aliphatic heterocycles. The van der Waals surface area contributed by atoms with Gasteiger partial charge in [-0.25, -0.2) is 9.18 Å². The summed E-state index contributed by atoms with van der Waals surface area (Å²) in [5, 5.41) is 10.3. The van der Waals surface area contributed by atoms with Gasteiger partial charge in [-0.05, 0) is 42.4 Å². The zero-order valence-corrected chi connectivity index (χ0v) is 15.7. The molecular weight excluding hydrogens is 371 g/mol. The van der Waals surface area contributed by atoms with Gasteiger partial charge in [-0.15, -0.1) is 23.1 Å². The van der Waals surface area contributed by atoms with Gasteiger partial charge < -0.3 is 10.0 Å². The lowest BCUT2D eigenvalue weighted by Crippen LogP contribution is -2.26. The number of carboxylic acid groups (broad SMARTS) is 1. The Morgan fingerprint density at radius 2 is 2.15 bits per heavy atom. The molecule has 0 saturated carbocycles. The molecule has 0 amide bonds. The SMILES string of the molecule is O=C(O)C1=C(SCCCc2ccc(F)cc2)N(Cc2cncs2)CC=C1. The number of hydrogen-bond donors (Lipinski definition) is 1. The van der Waals surface area contributed by atoms with Gasteiger partial charge in [-0.2, -0.15) is 0 Å². The minimum atomic E-state index is -0.906. The molecule has 0 fully saturated rings. The molecule has 0 saturated heterocycles. The van der Waals surface area contributed by atoms with E-state index in [1.165, 1.54) is 12.1 Å². The fourth-order valence-corrected chi connectivity index (χ4v) is 4.42. The molecule has 26 heavy (non-hydrogen) atoms. The third-order valence-corrected chi connectivity index (χ3v) is 5.96. The number of nitrogens with zero attached hydrogens (tertiary/aromatic N) is 2. The summed E-state index contributed by atoms with van der Waals surface area (Å²) in [4.78, 5) is 18.9. The Labute approximate surface area is 160 Å². The van der Waals surface area contributed by atoms with Crippen LogP contribution in [0, 0.1) is 5.82 Å². The number of thiazole rings is 1. The van der Waals surface area contributed by atoms with E-state index in [4.69, 9.17) is 0 Å². The molecule has 4 nitrogen and oxygen atoms in total. The van der Waals surface area contributed by atoms with E-state index in [1.807, 2.05) is 12.3 Å². The van der Waals surface area contributed by atoms with Gasteiger partial charge in [0.25, 0.3) is 0 Å². The summed E-state index contributed by atoms with van der Waals surface area (Å²) in [7, 11) is 0. The summed E-state index contributed by atoms with van der Waals surface area (Å²) in [6, 6.07) is 6.52. The average molecular weight is 391 g/mol. The molecule has 1 N–H and O–H groups in total. The number of aliphatic carboxylic acids is 1. The number of carbonyl (C=O) groups is 1. The van der Waals surface area contributed by atoms with Gasteiger partial charge in [0, 0.05) is 17.6 Å². The Kier molecular flexibility index (Phi) is 6.46. The highest BCUT2D eigenvalue weighted by molar-refractivity contribution is 8.03. The topological polar surface area (TPSA) is 53.4 Å². The fourth-order valence-electron chi connectivity index (χ4n) is 2.70. The number of halogens is 1. The maximum absolute atomic E-state index is 13.0. The maximum Gasteiger partial charge on any atom is 0.338 e. The smallest absolute Gasteiger partial charge is 0.338 e. The Bertz CT molecular complexity index is 801. The monoisotopic (exact) mass is 390 g/mol. The van der Waals surface area contributed by atoms with Crippen molar-refractivity contribution in [1.82, 2.24) is 9.88 Å². The van der Waals surface area contributed by atoms with E-state index in [-0.39, 0.29) is 5.82 Å². The van der Waals surface area contributed by atoms with E-state index in [9.17, 15) is 14.3 Å². The van der Waals surface area contributed by atoms with Crippen molar-refractivity contribution in [2.75, 3.05) is 12.3 Å². The van der Waals surface area contributed by atoms with Gasteiger partial charge in [0.1, 0.15) is 5.82 Å². The van der Waals surface area contributed by atoms with Gasteiger partial charge in [-0.3, -0.25) is 4.98 Å². The van der Waals surface area contributed by atoms with Crippen molar-refractivity contribution in [1.29, 1.82) is 0 Å². The van der Waals surface area contributed by atoms with E-state index in [1.54, 1.807) is 46.8 Å². The van der Waals surface area contributed by atoms with Crippen LogP contribution in [-0.4, -0.2) is 33.3 Å². The second-order valence-corrected chi connectivity index (χ2v) is 7.91. The van der Waals surface area contributed by atoms with E-state index < -0.39 is 5.97 Å². The van der Waals surface area contributed by atoms with Crippen molar-refractivity contribution >= 4 is 29.1 Å². The van der Waals surface area contributed by atoms with Crippen LogP contribution in [0.3, 0.4) is 0 Å². The van der Waals surface area contributed by atoms with Crippen LogP contribution in [0.4, 0.5) is 4.39 Å². The molecule has 0 aliphatic carbocycles. The maximum atomic E-state index is 13.0. The number of thioether (sulfide) groups is 1. The highest BCUT2D eigenvalue weighted by Crippen LogP contribution is 2.31. The average Bonchev–Trinajstić information content (AvgIpc) is 3.14. The summed E-state index contributed by atoms with van der Waals surface area (Å²) >= 11 is 3.14. The second-order valence-electron chi connectivity index (χ2n) is 5.85. The first-order valence-electron chi connectivity index (χ1n) is 8.27. The Hall–Kier alpha value is -2.12. The van der Waals surface area contributed by atoms with Crippen LogP contribution in [0.5, 0.6) is 0 Å². The molecule has 3 rings (SSSR count). The number of aryl methyl sites for hydroxylation is 1. The van der Waals surface area contributed by atoms with Crippen LogP contribution < -0.4 is 0 Å². The number of rotatable bonds is 8. The van der Waals surface area contributed by atoms with Crippen LogP contribution in [-0.2, 0) is 17.8 Å². The number of benzene rings is 1. The number of aromatic nitrogens is 1. The molecule has 0 bridgehead atoms. The van der Waals surface area contributed by atoms with Gasteiger partial charge in [-0.1, -0.05) is 18.2 Å². The van der Waals surface area contributed by atoms with Crippen LogP contribution in [0.2, 0.25) is 0 Å². The highest BCUT2D eigenvalue weighted by atomic mass is 32.2. The summed E-state index contributed by atoms with van der Waals surface area (Å²) in [5.74, 6) is -0.334. The molecule has 7 heteroatoms. The van der Waals surface area contributed by atoms with Crippen molar-refractivity contribution in [3.05, 3.63) is 75.0 Å². The zero-order chi connectivity index (χ0) is 18.4. The molecule has 0 unspecified atom stereocenters. The normalized spacial score (nSPS) is 14.1. The summed E-state index contributed by atoms with van der Waals surface area (Å²) in [6.07, 6.45) is 7.12. The number of carboxylic acids is 1. The minimum absolute atomic E-state index is 0.230. The van der Waals surface area contributed by atoms with Crippen molar-refractivity contribution in [2.45, 2.75) is 19.4 Å². The van der Waals surface area contributed by atoms with Crippen LogP contribution in [0.1, 0.15) is 16.9 Å². The third kappa shape index (κ3) is 4.95. The molecular formula is C19H19FN2O2S2. The number of hydrogen-bond acceptors (Lipinski definition) is 5. The molecule has 2 heterocycles. The first kappa shape index (κ1) is 18.7. The lowest BCUT2D eigenvalue weighted by Gasteiger charge is -2.29. The predicted molar refractivity (Wildman–Crippen MR) is 104 cm³/mol. The van der Waals surface area contributed by atoms with E-state index in [0.29, 0.717) is 18.7 Å². The Morgan fingerprint density at radius 1 is 1.35 bits per heavy atom. The van der Waals surface area contributed by atoms with Crippen molar-refractivity contribution in [3.63, 3.8) is 0 Å². The third-order valence-electron chi connectivity index (χ3n) is 3.95. The Balaban J connectivity index is 1.63. The standard InChI is InChI=1S/C19H19FN2O2S2/c20-15-7-5-14(6-8-15)3-2-10-25-18-17(19(23)24)4-1-9-22(18)12-16-11-21-13-26-16/h1,4-8,11,13H,2-3,9-10,12H2,(H,23,24). The molecule has 0 spiro atoms. The molecule has 1 aromatic carbocycles. The fraction of sp³-hybridized carbons (Fsp3) is 0.263. The predicted octanol–water partition coefficient (Wildman–Crippen LogP) is 4.32. The van der Waals surface area contributed by atoms with Crippen molar-refractivity contribution in [3.8, 4) is 0 Å². The molecule has 136 valence electrons. The quantitative estimate of drug-likeness (QED) is 0.681. The van der Waals surface area contributed by atoms with Gasteiger partial charge in [0.2, 0.25) is 0 Å². The summed E-state index contributed by atoms with van der Waals surface area (Å²) in [6.45, 7) is 1.35. The van der Waals surface area contributed by atoms with Crippen molar-refractivity contribution in [2.24, 2.45) is 0 Å². The minimum Gasteiger partial charge on any atom is -0.478 e. The highest BCUT2D eigenvalue weighted by Gasteiger charge is 2.22. The first-order valence-corrected chi connectivity index (χ1v) is 10.1. The van der Waals surface area contributed by atoms with Crippen molar-refractivity contribution < 1.29 is 14.3 Å². The summed E-state index contributed by atoms with van der Waals surface area (Å²) in [5.41, 5.74) is 3.21. The van der Waals surface area contributed by atoms with Gasteiger partial charge >= 0.3 is 5.97 Å². The molecule has 0 radical (unpaired) electrons. The molecule has 1 aromatic heterocycles. The van der Waals surface area contributed by atoms with E-state index in [2.05, 4.69) is 9.88 Å². The lowest BCUT2D eigenvalue weighted by atomic mass is 10.1. The van der Waals surface area contributed by atoms with Crippen LogP contribution in [0.25, 0.3) is 0 Å². The molecule has 2 aromatic rings. The lowest BCUT2D eigenvalue weighted by molar-refractivity contribution is -0.132. The largest absolute Gasteiger partial charge is 0.478 e. The second kappa shape index (κ2) is 9.00. The van der Waals surface area contributed by atoms with E-state index >= 15 is 0 Å². The molecule has 1 aliphatic rings. The van der Waals surface area contributed by atoms with E-state index in [0.717, 1.165) is 34.1 Å². The van der Waals surface area contributed by atoms with Gasteiger partial charge in [0.15, 0.2) is 0 Å². The summed E-state index contributed by atoms with van der Waals surface area (Å²) < 4.78 is 13.0. The molecule has 0 atom stereocenters. The van der Waals surface area contributed by atoms with Crippen LogP contribution >= 0.6 is 23.1 Å². The zero-order valence-electron chi connectivity index (χ0n) is 14.1. The van der Waals surface area contributed by atoms with Gasteiger partial charge in [0.05, 0.1) is 22.7 Å². The first-order chi connectivity index (χ1) is 12.6. The van der Waals surface area contributed by atoms with Crippen LogP contribution in [0.15, 0.2) is 58.7 Å². The Morgan fingerprint density at radius 3 is 2.85 bits per heavy atom.